The largest absolute Gasteiger partial charge is 0.481 e. The number of carboxylic acid groups (broad SMARTS) is 1. The maximum atomic E-state index is 11.9. The molecule has 0 aromatic carbocycles. The minimum absolute atomic E-state index is 0.164. The number of amides is 2. The van der Waals surface area contributed by atoms with Crippen molar-refractivity contribution in [1.29, 1.82) is 0 Å². The average Bonchev–Trinajstić information content (AvgIpc) is 2.47. The van der Waals surface area contributed by atoms with Crippen LogP contribution in [0.5, 0.6) is 0 Å². The summed E-state index contributed by atoms with van der Waals surface area (Å²) in [7, 11) is 0. The summed E-state index contributed by atoms with van der Waals surface area (Å²) in [5.74, 6) is 1.24. The molecule has 2 aliphatic heterocycles. The van der Waals surface area contributed by atoms with Gasteiger partial charge in [-0.25, -0.2) is 4.79 Å². The van der Waals surface area contributed by atoms with Crippen LogP contribution in [0.15, 0.2) is 0 Å². The molecule has 0 bridgehead atoms. The van der Waals surface area contributed by atoms with Crippen LogP contribution in [0.25, 0.3) is 0 Å². The number of hydrogen-bond acceptors (Lipinski definition) is 4. The summed E-state index contributed by atoms with van der Waals surface area (Å²) >= 11 is 1.84. The van der Waals surface area contributed by atoms with Gasteiger partial charge in [0.1, 0.15) is 0 Å². The molecule has 2 aliphatic rings. The van der Waals surface area contributed by atoms with Gasteiger partial charge in [0, 0.05) is 31.6 Å². The summed E-state index contributed by atoms with van der Waals surface area (Å²) in [6, 6.07) is -0.0613. The van der Waals surface area contributed by atoms with Gasteiger partial charge in [-0.05, 0) is 31.4 Å². The topological polar surface area (TPSA) is 87.7 Å². The smallest absolute Gasteiger partial charge is 0.315 e. The molecule has 0 aromatic rings. The Kier molecular flexibility index (Phi) is 5.54. The summed E-state index contributed by atoms with van der Waals surface area (Å²) in [5, 5.41) is 15.0. The summed E-state index contributed by atoms with van der Waals surface area (Å²) in [6.45, 7) is 1.04. The van der Waals surface area contributed by atoms with E-state index in [1.54, 1.807) is 0 Å². The molecule has 0 aliphatic carbocycles. The van der Waals surface area contributed by atoms with E-state index in [9.17, 15) is 14.7 Å². The zero-order valence-corrected chi connectivity index (χ0v) is 12.3. The van der Waals surface area contributed by atoms with E-state index in [0.717, 1.165) is 24.3 Å². The molecule has 0 aromatic heterocycles. The van der Waals surface area contributed by atoms with Crippen LogP contribution in [0.3, 0.4) is 0 Å². The average molecular weight is 302 g/mol. The summed E-state index contributed by atoms with van der Waals surface area (Å²) in [6.07, 6.45) is 3.01. The van der Waals surface area contributed by atoms with Crippen LogP contribution in [0.4, 0.5) is 4.79 Å². The summed E-state index contributed by atoms with van der Waals surface area (Å²) in [5.41, 5.74) is -0.878. The fourth-order valence-electron chi connectivity index (χ4n) is 2.57. The second-order valence-corrected chi connectivity index (χ2v) is 6.59. The Morgan fingerprint density at radius 3 is 2.70 bits per heavy atom. The van der Waals surface area contributed by atoms with Crippen molar-refractivity contribution in [1.82, 2.24) is 10.6 Å². The Hall–Kier alpha value is -0.950. The molecule has 0 radical (unpaired) electrons. The van der Waals surface area contributed by atoms with E-state index in [2.05, 4.69) is 10.6 Å². The lowest BCUT2D eigenvalue weighted by Crippen LogP contribution is -2.51. The minimum Gasteiger partial charge on any atom is -0.481 e. The van der Waals surface area contributed by atoms with E-state index in [4.69, 9.17) is 4.74 Å². The molecule has 2 rings (SSSR count). The zero-order chi connectivity index (χ0) is 14.4. The third kappa shape index (κ3) is 4.02. The van der Waals surface area contributed by atoms with Crippen molar-refractivity contribution in [3.8, 4) is 0 Å². The number of thioether (sulfide) groups is 1. The molecule has 2 fully saturated rings. The van der Waals surface area contributed by atoms with Crippen LogP contribution in [-0.4, -0.2) is 54.4 Å². The van der Waals surface area contributed by atoms with Crippen LogP contribution in [0.1, 0.15) is 25.7 Å². The summed E-state index contributed by atoms with van der Waals surface area (Å²) in [4.78, 5) is 23.3. The molecule has 2 saturated heterocycles. The third-order valence-electron chi connectivity index (χ3n) is 3.99. The van der Waals surface area contributed by atoms with Crippen molar-refractivity contribution in [3.63, 3.8) is 0 Å². The van der Waals surface area contributed by atoms with Crippen LogP contribution in [-0.2, 0) is 9.53 Å². The van der Waals surface area contributed by atoms with Crippen molar-refractivity contribution in [2.45, 2.75) is 31.7 Å². The first-order chi connectivity index (χ1) is 9.62. The van der Waals surface area contributed by atoms with Crippen molar-refractivity contribution < 1.29 is 19.4 Å². The number of hydrogen-bond donors (Lipinski definition) is 3. The van der Waals surface area contributed by atoms with Crippen LogP contribution in [0.2, 0.25) is 0 Å². The highest BCUT2D eigenvalue weighted by molar-refractivity contribution is 7.99. The zero-order valence-electron chi connectivity index (χ0n) is 11.5. The van der Waals surface area contributed by atoms with Crippen molar-refractivity contribution >= 4 is 23.8 Å². The van der Waals surface area contributed by atoms with Gasteiger partial charge in [0.25, 0.3) is 0 Å². The second kappa shape index (κ2) is 7.17. The number of nitrogens with one attached hydrogen (secondary N) is 2. The monoisotopic (exact) mass is 302 g/mol. The lowest BCUT2D eigenvalue weighted by Gasteiger charge is -2.33. The molecule has 0 saturated carbocycles. The Balaban J connectivity index is 1.79. The van der Waals surface area contributed by atoms with E-state index < -0.39 is 11.4 Å². The minimum atomic E-state index is -0.878. The van der Waals surface area contributed by atoms with Gasteiger partial charge in [0.15, 0.2) is 0 Å². The number of carboxylic acids is 1. The van der Waals surface area contributed by atoms with Gasteiger partial charge in [-0.1, -0.05) is 0 Å². The van der Waals surface area contributed by atoms with Crippen LogP contribution in [0, 0.1) is 5.41 Å². The molecule has 2 amide bonds. The van der Waals surface area contributed by atoms with Gasteiger partial charge >= 0.3 is 12.0 Å². The Morgan fingerprint density at radius 1 is 1.35 bits per heavy atom. The lowest BCUT2D eigenvalue weighted by molar-refractivity contribution is -0.154. The SMILES string of the molecule is O=C(NCC1(C(=O)O)CCOCC1)NC1CCCSC1. The molecular weight excluding hydrogens is 280 g/mol. The molecule has 3 N–H and O–H groups in total. The molecule has 114 valence electrons. The fourth-order valence-corrected chi connectivity index (χ4v) is 3.64. The van der Waals surface area contributed by atoms with E-state index in [-0.39, 0.29) is 18.6 Å². The number of carbonyl (C=O) groups excluding carboxylic acids is 1. The first kappa shape index (κ1) is 15.4. The Labute approximate surface area is 123 Å². The molecule has 6 nitrogen and oxygen atoms in total. The quantitative estimate of drug-likeness (QED) is 0.723. The molecule has 20 heavy (non-hydrogen) atoms. The van der Waals surface area contributed by atoms with Gasteiger partial charge < -0.3 is 20.5 Å². The lowest BCUT2D eigenvalue weighted by atomic mass is 9.80. The predicted molar refractivity (Wildman–Crippen MR) is 77.0 cm³/mol. The maximum Gasteiger partial charge on any atom is 0.315 e. The highest BCUT2D eigenvalue weighted by atomic mass is 32.2. The highest BCUT2D eigenvalue weighted by Crippen LogP contribution is 2.30. The second-order valence-electron chi connectivity index (χ2n) is 5.44. The third-order valence-corrected chi connectivity index (χ3v) is 5.20. The van der Waals surface area contributed by atoms with Gasteiger partial charge in [0.2, 0.25) is 0 Å². The summed E-state index contributed by atoms with van der Waals surface area (Å²) < 4.78 is 5.21. The number of aliphatic carboxylic acids is 1. The van der Waals surface area contributed by atoms with Crippen molar-refractivity contribution in [3.05, 3.63) is 0 Å². The van der Waals surface area contributed by atoms with Crippen LogP contribution >= 0.6 is 11.8 Å². The predicted octanol–water partition coefficient (Wildman–Crippen LogP) is 1.06. The van der Waals surface area contributed by atoms with Crippen molar-refractivity contribution in [2.24, 2.45) is 5.41 Å². The maximum absolute atomic E-state index is 11.9. The normalized spacial score (nSPS) is 25.7. The Morgan fingerprint density at radius 2 is 2.10 bits per heavy atom. The fraction of sp³-hybridized carbons (Fsp3) is 0.846. The Bertz CT molecular complexity index is 352. The molecule has 0 spiro atoms. The first-order valence-corrected chi connectivity index (χ1v) is 8.21. The van der Waals surface area contributed by atoms with E-state index in [1.165, 1.54) is 0 Å². The number of ether oxygens (including phenoxy) is 1. The highest BCUT2D eigenvalue weighted by Gasteiger charge is 2.40. The molecule has 2 heterocycles. The van der Waals surface area contributed by atoms with Gasteiger partial charge in [-0.15, -0.1) is 0 Å². The van der Waals surface area contributed by atoms with Gasteiger partial charge in [0.05, 0.1) is 5.41 Å². The van der Waals surface area contributed by atoms with E-state index in [1.807, 2.05) is 11.8 Å². The van der Waals surface area contributed by atoms with Crippen molar-refractivity contribution in [2.75, 3.05) is 31.3 Å². The van der Waals surface area contributed by atoms with Gasteiger partial charge in [-0.2, -0.15) is 11.8 Å². The van der Waals surface area contributed by atoms with E-state index in [0.29, 0.717) is 26.1 Å². The molecular formula is C13H22N2O4S. The molecule has 1 atom stereocenters. The molecule has 7 heteroatoms. The van der Waals surface area contributed by atoms with Crippen LogP contribution < -0.4 is 10.6 Å². The standard InChI is InChI=1S/C13H22N2O4S/c16-11(17)13(3-5-19-6-4-13)9-14-12(18)15-10-2-1-7-20-8-10/h10H,1-9H2,(H,16,17)(H2,14,15,18). The first-order valence-electron chi connectivity index (χ1n) is 7.06. The molecule has 1 unspecified atom stereocenters. The van der Waals surface area contributed by atoms with E-state index >= 15 is 0 Å². The number of urea groups is 1. The number of rotatable bonds is 4. The number of carbonyl (C=O) groups is 2. The van der Waals surface area contributed by atoms with Gasteiger partial charge in [-0.3, -0.25) is 4.79 Å².